The van der Waals surface area contributed by atoms with E-state index >= 15 is 0 Å². The lowest BCUT2D eigenvalue weighted by Gasteiger charge is -2.31. The summed E-state index contributed by atoms with van der Waals surface area (Å²) in [5, 5.41) is 0.193. The fourth-order valence-corrected chi connectivity index (χ4v) is 4.69. The van der Waals surface area contributed by atoms with E-state index < -0.39 is 10.0 Å². The largest absolute Gasteiger partial charge is 0.398 e. The van der Waals surface area contributed by atoms with Gasteiger partial charge in [0.2, 0.25) is 10.0 Å². The van der Waals surface area contributed by atoms with Crippen LogP contribution in [0.3, 0.4) is 0 Å². The van der Waals surface area contributed by atoms with Crippen molar-refractivity contribution in [1.82, 2.24) is 4.31 Å². The molecule has 0 aliphatic carbocycles. The van der Waals surface area contributed by atoms with Crippen molar-refractivity contribution in [3.8, 4) is 0 Å². The molecule has 1 aliphatic heterocycles. The Labute approximate surface area is 119 Å². The lowest BCUT2D eigenvalue weighted by molar-refractivity contribution is 0.261. The Kier molecular flexibility index (Phi) is 4.38. The SMILES string of the molecule is CCC1CCCN(S(=O)(=O)c2c(N)cccc2Cl)C1. The molecule has 1 aliphatic rings. The van der Waals surface area contributed by atoms with E-state index in [-0.39, 0.29) is 15.6 Å². The quantitative estimate of drug-likeness (QED) is 0.873. The van der Waals surface area contributed by atoms with E-state index in [2.05, 4.69) is 6.92 Å². The van der Waals surface area contributed by atoms with E-state index in [9.17, 15) is 8.42 Å². The Morgan fingerprint density at radius 2 is 2.21 bits per heavy atom. The first-order valence-corrected chi connectivity index (χ1v) is 8.32. The van der Waals surface area contributed by atoms with Crippen molar-refractivity contribution in [2.24, 2.45) is 5.92 Å². The van der Waals surface area contributed by atoms with Crippen LogP contribution in [0.25, 0.3) is 0 Å². The van der Waals surface area contributed by atoms with Gasteiger partial charge in [-0.25, -0.2) is 8.42 Å². The van der Waals surface area contributed by atoms with Gasteiger partial charge in [-0.05, 0) is 30.9 Å². The minimum Gasteiger partial charge on any atom is -0.398 e. The lowest BCUT2D eigenvalue weighted by Crippen LogP contribution is -2.40. The van der Waals surface area contributed by atoms with Crippen LogP contribution in [0.2, 0.25) is 5.02 Å². The summed E-state index contributed by atoms with van der Waals surface area (Å²) in [6.07, 6.45) is 2.96. The summed E-state index contributed by atoms with van der Waals surface area (Å²) >= 11 is 6.02. The standard InChI is InChI=1S/C13H19ClN2O2S/c1-2-10-5-4-8-16(9-10)19(17,18)13-11(14)6-3-7-12(13)15/h3,6-7,10H,2,4-5,8-9,15H2,1H3. The Morgan fingerprint density at radius 1 is 1.47 bits per heavy atom. The zero-order valence-electron chi connectivity index (χ0n) is 11.0. The minimum atomic E-state index is -3.59. The number of hydrogen-bond donors (Lipinski definition) is 1. The highest BCUT2D eigenvalue weighted by atomic mass is 35.5. The number of nitrogens with zero attached hydrogens (tertiary/aromatic N) is 1. The van der Waals surface area contributed by atoms with Crippen LogP contribution in [0.15, 0.2) is 23.1 Å². The molecule has 1 aromatic rings. The summed E-state index contributed by atoms with van der Waals surface area (Å²) in [7, 11) is -3.59. The molecule has 4 nitrogen and oxygen atoms in total. The van der Waals surface area contributed by atoms with E-state index in [1.807, 2.05) is 0 Å². The molecule has 1 atom stereocenters. The van der Waals surface area contributed by atoms with Crippen molar-refractivity contribution in [3.05, 3.63) is 23.2 Å². The van der Waals surface area contributed by atoms with Crippen molar-refractivity contribution in [3.63, 3.8) is 0 Å². The average Bonchev–Trinajstić information content (AvgIpc) is 2.38. The first-order chi connectivity index (χ1) is 8.96. The van der Waals surface area contributed by atoms with Crippen LogP contribution >= 0.6 is 11.6 Å². The first kappa shape index (κ1) is 14.6. The van der Waals surface area contributed by atoms with Gasteiger partial charge in [-0.2, -0.15) is 4.31 Å². The number of nitrogen functional groups attached to an aromatic ring is 1. The molecule has 0 saturated carbocycles. The van der Waals surface area contributed by atoms with E-state index in [4.69, 9.17) is 17.3 Å². The highest BCUT2D eigenvalue weighted by Crippen LogP contribution is 2.32. The van der Waals surface area contributed by atoms with E-state index in [0.717, 1.165) is 19.3 Å². The fourth-order valence-electron chi connectivity index (χ4n) is 2.51. The van der Waals surface area contributed by atoms with E-state index in [0.29, 0.717) is 19.0 Å². The van der Waals surface area contributed by atoms with Crippen LogP contribution in [0.1, 0.15) is 26.2 Å². The Morgan fingerprint density at radius 3 is 2.84 bits per heavy atom. The molecule has 1 unspecified atom stereocenters. The van der Waals surface area contributed by atoms with Gasteiger partial charge in [0, 0.05) is 13.1 Å². The zero-order chi connectivity index (χ0) is 14.0. The molecule has 1 aromatic carbocycles. The maximum absolute atomic E-state index is 12.7. The summed E-state index contributed by atoms with van der Waals surface area (Å²) in [4.78, 5) is 0.0495. The molecule has 1 saturated heterocycles. The highest BCUT2D eigenvalue weighted by Gasteiger charge is 2.32. The van der Waals surface area contributed by atoms with Crippen LogP contribution in [0, 0.1) is 5.92 Å². The maximum atomic E-state index is 12.7. The molecule has 0 bridgehead atoms. The van der Waals surface area contributed by atoms with Crippen molar-refractivity contribution in [2.75, 3.05) is 18.8 Å². The summed E-state index contributed by atoms with van der Waals surface area (Å²) in [6, 6.07) is 4.79. The number of nitrogens with two attached hydrogens (primary N) is 1. The molecule has 0 radical (unpaired) electrons. The van der Waals surface area contributed by atoms with Crippen molar-refractivity contribution < 1.29 is 8.42 Å². The van der Waals surface area contributed by atoms with Gasteiger partial charge in [0.15, 0.2) is 0 Å². The van der Waals surface area contributed by atoms with Gasteiger partial charge in [0.25, 0.3) is 0 Å². The van der Waals surface area contributed by atoms with Gasteiger partial charge in [0.05, 0.1) is 10.7 Å². The molecule has 0 amide bonds. The molecular weight excluding hydrogens is 284 g/mol. The zero-order valence-corrected chi connectivity index (χ0v) is 12.5. The highest BCUT2D eigenvalue weighted by molar-refractivity contribution is 7.89. The molecule has 0 aromatic heterocycles. The number of rotatable bonds is 3. The van der Waals surface area contributed by atoms with Gasteiger partial charge in [-0.15, -0.1) is 0 Å². The minimum absolute atomic E-state index is 0.0495. The molecule has 19 heavy (non-hydrogen) atoms. The smallest absolute Gasteiger partial charge is 0.246 e. The molecule has 106 valence electrons. The third-order valence-corrected chi connectivity index (χ3v) is 6.06. The Bertz CT molecular complexity index is 540. The van der Waals surface area contributed by atoms with Crippen molar-refractivity contribution in [2.45, 2.75) is 31.1 Å². The van der Waals surface area contributed by atoms with Crippen LogP contribution in [-0.2, 0) is 10.0 Å². The fraction of sp³-hybridized carbons (Fsp3) is 0.538. The monoisotopic (exact) mass is 302 g/mol. The van der Waals surface area contributed by atoms with Gasteiger partial charge < -0.3 is 5.73 Å². The van der Waals surface area contributed by atoms with Crippen LogP contribution in [0.5, 0.6) is 0 Å². The molecule has 2 N–H and O–H groups in total. The van der Waals surface area contributed by atoms with E-state index in [1.54, 1.807) is 18.2 Å². The second-order valence-corrected chi connectivity index (χ2v) is 7.22. The normalized spacial score (nSPS) is 21.5. The molecule has 6 heteroatoms. The molecule has 1 heterocycles. The summed E-state index contributed by atoms with van der Waals surface area (Å²) < 4.78 is 26.8. The number of benzene rings is 1. The van der Waals surface area contributed by atoms with Gasteiger partial charge in [-0.3, -0.25) is 0 Å². The van der Waals surface area contributed by atoms with Crippen molar-refractivity contribution in [1.29, 1.82) is 0 Å². The third-order valence-electron chi connectivity index (χ3n) is 3.65. The predicted octanol–water partition coefficient (Wildman–Crippen LogP) is 2.73. The van der Waals surface area contributed by atoms with Crippen LogP contribution < -0.4 is 5.73 Å². The van der Waals surface area contributed by atoms with Gasteiger partial charge >= 0.3 is 0 Å². The van der Waals surface area contributed by atoms with E-state index in [1.165, 1.54) is 4.31 Å². The summed E-state index contributed by atoms with van der Waals surface area (Å²) in [5.74, 6) is 0.423. The second-order valence-electron chi connectivity index (χ2n) is 4.94. The van der Waals surface area contributed by atoms with Gasteiger partial charge in [0.1, 0.15) is 4.90 Å². The summed E-state index contributed by atoms with van der Waals surface area (Å²) in [5.41, 5.74) is 6.01. The third kappa shape index (κ3) is 2.88. The second kappa shape index (κ2) is 5.69. The molecule has 2 rings (SSSR count). The molecule has 1 fully saturated rings. The van der Waals surface area contributed by atoms with Gasteiger partial charge in [-0.1, -0.05) is 31.0 Å². The Hall–Kier alpha value is -0.780. The lowest BCUT2D eigenvalue weighted by atomic mass is 9.97. The van der Waals surface area contributed by atoms with Crippen LogP contribution in [0.4, 0.5) is 5.69 Å². The number of piperidine rings is 1. The summed E-state index contributed by atoms with van der Waals surface area (Å²) in [6.45, 7) is 3.19. The number of anilines is 1. The first-order valence-electron chi connectivity index (χ1n) is 6.51. The topological polar surface area (TPSA) is 63.4 Å². The number of hydrogen-bond acceptors (Lipinski definition) is 3. The number of halogens is 1. The predicted molar refractivity (Wildman–Crippen MR) is 77.6 cm³/mol. The van der Waals surface area contributed by atoms with Crippen molar-refractivity contribution >= 4 is 27.3 Å². The Balaban J connectivity index is 2.37. The number of sulfonamides is 1. The maximum Gasteiger partial charge on any atom is 0.246 e. The molecule has 0 spiro atoms. The molecular formula is C13H19ClN2O2S. The van der Waals surface area contributed by atoms with Crippen LogP contribution in [-0.4, -0.2) is 25.8 Å². The average molecular weight is 303 g/mol.